The fourth-order valence-electron chi connectivity index (χ4n) is 11.4. The van der Waals surface area contributed by atoms with Gasteiger partial charge in [-0.25, -0.2) is 9.13 Å². The summed E-state index contributed by atoms with van der Waals surface area (Å²) in [6.45, 7) is 11.8. The molecule has 0 heterocycles. The van der Waals surface area contributed by atoms with E-state index in [1.807, 2.05) is 0 Å². The van der Waals surface area contributed by atoms with Crippen LogP contribution in [0.2, 0.25) is 0 Å². The van der Waals surface area contributed by atoms with Crippen LogP contribution in [0.25, 0.3) is 0 Å². The van der Waals surface area contributed by atoms with Crippen molar-refractivity contribution in [2.75, 3.05) is 39.6 Å². The van der Waals surface area contributed by atoms with E-state index < -0.39 is 97.5 Å². The molecule has 0 saturated carbocycles. The summed E-state index contributed by atoms with van der Waals surface area (Å²) in [5.74, 6) is 0.124. The van der Waals surface area contributed by atoms with Gasteiger partial charge in [-0.1, -0.05) is 323 Å². The third kappa shape index (κ3) is 71.7. The number of rotatable bonds is 74. The van der Waals surface area contributed by atoms with E-state index in [-0.39, 0.29) is 25.7 Å². The van der Waals surface area contributed by atoms with E-state index in [0.717, 1.165) is 121 Å². The Morgan fingerprint density at radius 1 is 0.320 bits per heavy atom. The Balaban J connectivity index is 5.27. The Hall–Kier alpha value is -2.46. The number of esters is 4. The molecular formula is C78H148O17P2. The van der Waals surface area contributed by atoms with Gasteiger partial charge in [0, 0.05) is 25.7 Å². The van der Waals surface area contributed by atoms with Crippen LogP contribution >= 0.6 is 15.6 Å². The summed E-state index contributed by atoms with van der Waals surface area (Å²) in [7, 11) is -9.93. The second-order valence-corrected chi connectivity index (χ2v) is 31.7. The molecule has 97 heavy (non-hydrogen) atoms. The molecule has 3 unspecified atom stereocenters. The largest absolute Gasteiger partial charge is 0.472 e. The fourth-order valence-corrected chi connectivity index (χ4v) is 13.0. The first kappa shape index (κ1) is 94.5. The van der Waals surface area contributed by atoms with Crippen LogP contribution in [0.3, 0.4) is 0 Å². The SMILES string of the molecule is CCCCCC/C=C\C=C/CCCCCCCC(=O)O[C@H](COC(=O)CCCCCCCCCC(C)C)COP(=O)(O)OCC(O)COP(=O)(O)OC[C@@H](COC(=O)CCCCCCCCCCCCCCCCCC(C)C)OC(=O)CCCCCCCCCCCCCC(C)C. The number of carbonyl (C=O) groups is 4. The van der Waals surface area contributed by atoms with Crippen LogP contribution < -0.4 is 0 Å². The number of unbranched alkanes of at least 4 members (excludes halogenated alkanes) is 39. The van der Waals surface area contributed by atoms with Gasteiger partial charge in [0.1, 0.15) is 19.3 Å². The average molecular weight is 1420 g/mol. The zero-order valence-corrected chi connectivity index (χ0v) is 64.8. The molecule has 5 atom stereocenters. The molecule has 0 aromatic heterocycles. The quantitative estimate of drug-likeness (QED) is 0.0169. The first-order valence-corrected chi connectivity index (χ1v) is 42.7. The highest BCUT2D eigenvalue weighted by atomic mass is 31.2. The van der Waals surface area contributed by atoms with Gasteiger partial charge in [-0.2, -0.15) is 0 Å². The molecule has 0 aliphatic carbocycles. The van der Waals surface area contributed by atoms with E-state index in [2.05, 4.69) is 72.8 Å². The molecular weight excluding hydrogens is 1270 g/mol. The molecule has 17 nitrogen and oxygen atoms in total. The lowest BCUT2D eigenvalue weighted by atomic mass is 10.0. The molecule has 572 valence electrons. The Labute approximate surface area is 592 Å². The smallest absolute Gasteiger partial charge is 0.462 e. The molecule has 0 spiro atoms. The number of ether oxygens (including phenoxy) is 4. The van der Waals surface area contributed by atoms with Crippen LogP contribution in [0.5, 0.6) is 0 Å². The third-order valence-corrected chi connectivity index (χ3v) is 19.4. The van der Waals surface area contributed by atoms with E-state index in [4.69, 9.17) is 37.0 Å². The van der Waals surface area contributed by atoms with Crippen molar-refractivity contribution in [1.82, 2.24) is 0 Å². The van der Waals surface area contributed by atoms with Gasteiger partial charge in [0.05, 0.1) is 26.4 Å². The lowest BCUT2D eigenvalue weighted by molar-refractivity contribution is -0.161. The average Bonchev–Trinajstić information content (AvgIpc) is 1.82. The first-order valence-electron chi connectivity index (χ1n) is 39.7. The summed E-state index contributed by atoms with van der Waals surface area (Å²) >= 11 is 0. The van der Waals surface area contributed by atoms with Gasteiger partial charge < -0.3 is 33.8 Å². The minimum absolute atomic E-state index is 0.0840. The van der Waals surface area contributed by atoms with Gasteiger partial charge in [-0.05, 0) is 69.1 Å². The zero-order chi connectivity index (χ0) is 71.6. The predicted octanol–water partition coefficient (Wildman–Crippen LogP) is 22.5. The molecule has 0 aromatic carbocycles. The molecule has 0 aliphatic rings. The monoisotopic (exact) mass is 1420 g/mol. The second-order valence-electron chi connectivity index (χ2n) is 28.8. The summed E-state index contributed by atoms with van der Waals surface area (Å²) in [6, 6.07) is 0. The van der Waals surface area contributed by atoms with Crippen LogP contribution in [0.4, 0.5) is 0 Å². The fraction of sp³-hybridized carbons (Fsp3) is 0.897. The zero-order valence-electron chi connectivity index (χ0n) is 63.0. The normalized spacial score (nSPS) is 14.2. The van der Waals surface area contributed by atoms with Crippen molar-refractivity contribution in [3.63, 3.8) is 0 Å². The number of phosphoric acid groups is 2. The molecule has 0 rings (SSSR count). The summed E-state index contributed by atoms with van der Waals surface area (Å²) in [5, 5.41) is 10.6. The van der Waals surface area contributed by atoms with Crippen LogP contribution in [0.1, 0.15) is 376 Å². The van der Waals surface area contributed by atoms with Crippen molar-refractivity contribution in [2.24, 2.45) is 17.8 Å². The number of phosphoric ester groups is 2. The van der Waals surface area contributed by atoms with E-state index in [1.165, 1.54) is 167 Å². The van der Waals surface area contributed by atoms with Gasteiger partial charge in [-0.3, -0.25) is 37.3 Å². The highest BCUT2D eigenvalue weighted by molar-refractivity contribution is 7.47. The second kappa shape index (κ2) is 68.0. The summed E-state index contributed by atoms with van der Waals surface area (Å²) in [5.41, 5.74) is 0. The minimum Gasteiger partial charge on any atom is -0.462 e. The number of aliphatic hydroxyl groups excluding tert-OH is 1. The standard InChI is InChI=1S/C78H148O17P2/c1-8-9-10-11-12-13-14-15-17-22-27-32-39-47-54-61-77(82)95-74(66-89-76(81)60-53-46-41-34-37-44-51-58-71(6)7)68-93-97(86,87)91-64-72(79)63-90-96(84,85)92-67-73(94-78(83)62-55-48-40-33-28-23-25-30-36-43-50-57-70(4)5)65-88-75(80)59-52-45-38-31-26-21-19-16-18-20-24-29-35-42-49-56-69(2)3/h13-15,17,69-74,79H,8-12,16,18-68H2,1-7H3,(H,84,85)(H,86,87)/b14-13-,17-15-/t72?,73-,74-/m1/s1. The van der Waals surface area contributed by atoms with Crippen molar-refractivity contribution >= 4 is 39.5 Å². The van der Waals surface area contributed by atoms with Crippen molar-refractivity contribution in [3.05, 3.63) is 24.3 Å². The van der Waals surface area contributed by atoms with Crippen LogP contribution in [0.15, 0.2) is 24.3 Å². The predicted molar refractivity (Wildman–Crippen MR) is 395 cm³/mol. The van der Waals surface area contributed by atoms with Gasteiger partial charge in [0.15, 0.2) is 12.2 Å². The Kier molecular flexibility index (Phi) is 66.3. The lowest BCUT2D eigenvalue weighted by Gasteiger charge is -2.21. The highest BCUT2D eigenvalue weighted by Crippen LogP contribution is 2.45. The maximum absolute atomic E-state index is 13.1. The molecule has 3 N–H and O–H groups in total. The third-order valence-electron chi connectivity index (χ3n) is 17.5. The highest BCUT2D eigenvalue weighted by Gasteiger charge is 2.30. The molecule has 0 aliphatic heterocycles. The van der Waals surface area contributed by atoms with Crippen LogP contribution in [-0.2, 0) is 65.4 Å². The molecule has 19 heteroatoms. The Morgan fingerprint density at radius 2 is 0.557 bits per heavy atom. The molecule has 0 fully saturated rings. The minimum atomic E-state index is -4.96. The van der Waals surface area contributed by atoms with Gasteiger partial charge in [0.25, 0.3) is 0 Å². The number of hydrogen-bond acceptors (Lipinski definition) is 15. The maximum atomic E-state index is 13.1. The van der Waals surface area contributed by atoms with Crippen molar-refractivity contribution in [2.45, 2.75) is 394 Å². The van der Waals surface area contributed by atoms with E-state index in [0.29, 0.717) is 31.6 Å². The summed E-state index contributed by atoms with van der Waals surface area (Å²) < 4.78 is 68.5. The first-order chi connectivity index (χ1) is 46.7. The van der Waals surface area contributed by atoms with Crippen molar-refractivity contribution in [1.29, 1.82) is 0 Å². The molecule has 0 saturated heterocycles. The topological polar surface area (TPSA) is 237 Å². The van der Waals surface area contributed by atoms with E-state index >= 15 is 0 Å². The van der Waals surface area contributed by atoms with Crippen molar-refractivity contribution < 1.29 is 80.2 Å². The molecule has 0 amide bonds. The van der Waals surface area contributed by atoms with Crippen molar-refractivity contribution in [3.8, 4) is 0 Å². The molecule has 0 aromatic rings. The summed E-state index contributed by atoms with van der Waals surface area (Å²) in [6.07, 6.45) is 57.8. The number of carbonyl (C=O) groups excluding carboxylic acids is 4. The molecule has 0 radical (unpaired) electrons. The Morgan fingerprint density at radius 3 is 0.835 bits per heavy atom. The van der Waals surface area contributed by atoms with Gasteiger partial charge >= 0.3 is 39.5 Å². The summed E-state index contributed by atoms with van der Waals surface area (Å²) in [4.78, 5) is 72.9. The Bertz CT molecular complexity index is 1980. The van der Waals surface area contributed by atoms with Gasteiger partial charge in [-0.15, -0.1) is 0 Å². The number of hydrogen-bond donors (Lipinski definition) is 3. The van der Waals surface area contributed by atoms with Crippen LogP contribution in [0, 0.1) is 17.8 Å². The van der Waals surface area contributed by atoms with E-state index in [9.17, 15) is 43.2 Å². The maximum Gasteiger partial charge on any atom is 0.472 e. The van der Waals surface area contributed by atoms with Gasteiger partial charge in [0.2, 0.25) is 0 Å². The van der Waals surface area contributed by atoms with E-state index in [1.54, 1.807) is 0 Å². The number of allylic oxidation sites excluding steroid dienone is 4. The number of aliphatic hydroxyl groups is 1. The van der Waals surface area contributed by atoms with Crippen LogP contribution in [-0.4, -0.2) is 96.7 Å². The molecule has 0 bridgehead atoms. The lowest BCUT2D eigenvalue weighted by Crippen LogP contribution is -2.30.